The molecule has 0 unspecified atom stereocenters. The average molecular weight is 212 g/mol. The number of hydrazine groups is 1. The highest BCUT2D eigenvalue weighted by molar-refractivity contribution is 7.07. The Bertz CT molecular complexity index is 268. The molecule has 0 amide bonds. The second kappa shape index (κ2) is 6.39. The van der Waals surface area contributed by atoms with Crippen LogP contribution in [0.4, 0.5) is 0 Å². The number of thiophene rings is 1. The summed E-state index contributed by atoms with van der Waals surface area (Å²) in [6.07, 6.45) is 0.958. The molecule has 78 valence electrons. The molecule has 5 heteroatoms. The maximum atomic E-state index is 5.28. The second-order valence-electron chi connectivity index (χ2n) is 2.79. The average Bonchev–Trinajstić information content (AvgIpc) is 2.69. The highest BCUT2D eigenvalue weighted by Crippen LogP contribution is 2.06. The van der Waals surface area contributed by atoms with Crippen LogP contribution in [0.3, 0.4) is 0 Å². The molecule has 1 heterocycles. The van der Waals surface area contributed by atoms with Crippen molar-refractivity contribution in [2.24, 2.45) is 10.8 Å². The summed E-state index contributed by atoms with van der Waals surface area (Å²) in [6.45, 7) is 3.58. The Labute approximate surface area is 88.2 Å². The molecule has 0 atom stereocenters. The number of rotatable bonds is 4. The van der Waals surface area contributed by atoms with Gasteiger partial charge in [0.2, 0.25) is 5.96 Å². The number of nitrogens with two attached hydrogens (primary N) is 1. The van der Waals surface area contributed by atoms with Crippen molar-refractivity contribution in [1.82, 2.24) is 10.7 Å². The maximum Gasteiger partial charge on any atom is 0.205 e. The molecule has 4 N–H and O–H groups in total. The third-order valence-electron chi connectivity index (χ3n) is 1.73. The van der Waals surface area contributed by atoms with Gasteiger partial charge in [-0.1, -0.05) is 0 Å². The lowest BCUT2D eigenvalue weighted by atomic mass is 10.2. The van der Waals surface area contributed by atoms with Gasteiger partial charge in [0.15, 0.2) is 0 Å². The Kier molecular flexibility index (Phi) is 5.03. The van der Waals surface area contributed by atoms with Gasteiger partial charge in [0, 0.05) is 13.1 Å². The van der Waals surface area contributed by atoms with Crippen LogP contribution in [0.1, 0.15) is 12.5 Å². The summed E-state index contributed by atoms with van der Waals surface area (Å²) in [4.78, 5) is 4.28. The van der Waals surface area contributed by atoms with E-state index < -0.39 is 0 Å². The first kappa shape index (κ1) is 11.0. The number of aliphatic imine (C=N–C) groups is 1. The van der Waals surface area contributed by atoms with Gasteiger partial charge >= 0.3 is 0 Å². The lowest BCUT2D eigenvalue weighted by Gasteiger charge is -2.05. The van der Waals surface area contributed by atoms with E-state index in [9.17, 15) is 0 Å². The molecule has 0 fully saturated rings. The Morgan fingerprint density at radius 2 is 2.50 bits per heavy atom. The topological polar surface area (TPSA) is 62.4 Å². The van der Waals surface area contributed by atoms with Crippen LogP contribution in [0.15, 0.2) is 21.8 Å². The first-order valence-electron chi connectivity index (χ1n) is 4.62. The minimum absolute atomic E-state index is 0.655. The van der Waals surface area contributed by atoms with Crippen molar-refractivity contribution in [2.75, 3.05) is 13.1 Å². The Hall–Kier alpha value is -1.07. The molecule has 0 aliphatic rings. The van der Waals surface area contributed by atoms with Crippen molar-refractivity contribution >= 4 is 17.3 Å². The molecule has 0 aliphatic heterocycles. The minimum atomic E-state index is 0.655. The number of hydrogen-bond acceptors (Lipinski definition) is 3. The molecule has 0 saturated heterocycles. The third-order valence-corrected chi connectivity index (χ3v) is 2.46. The predicted molar refractivity (Wildman–Crippen MR) is 61.3 cm³/mol. The second-order valence-corrected chi connectivity index (χ2v) is 3.57. The summed E-state index contributed by atoms with van der Waals surface area (Å²) in [6, 6.07) is 2.11. The number of guanidine groups is 1. The summed E-state index contributed by atoms with van der Waals surface area (Å²) >= 11 is 1.71. The molecule has 4 nitrogen and oxygen atoms in total. The fourth-order valence-electron chi connectivity index (χ4n) is 1.05. The Morgan fingerprint density at radius 1 is 1.64 bits per heavy atom. The standard InChI is InChI=1S/C9H16N4S/c1-2-11-9(13-10)12-5-3-8-4-6-14-7-8/h4,6-7H,2-3,5,10H2,1H3,(H2,11,12,13). The van der Waals surface area contributed by atoms with Gasteiger partial charge in [0.25, 0.3) is 0 Å². The molecule has 0 radical (unpaired) electrons. The highest BCUT2D eigenvalue weighted by Gasteiger charge is 1.94. The summed E-state index contributed by atoms with van der Waals surface area (Å²) in [5.74, 6) is 5.93. The van der Waals surface area contributed by atoms with Crippen LogP contribution in [-0.4, -0.2) is 19.0 Å². The number of hydrogen-bond donors (Lipinski definition) is 3. The van der Waals surface area contributed by atoms with Crippen molar-refractivity contribution in [2.45, 2.75) is 13.3 Å². The summed E-state index contributed by atoms with van der Waals surface area (Å²) in [7, 11) is 0. The molecule has 1 rings (SSSR count). The zero-order valence-electron chi connectivity index (χ0n) is 8.29. The van der Waals surface area contributed by atoms with Gasteiger partial charge in [-0.2, -0.15) is 11.3 Å². The van der Waals surface area contributed by atoms with E-state index >= 15 is 0 Å². The van der Waals surface area contributed by atoms with Crippen LogP contribution in [0.25, 0.3) is 0 Å². The molecule has 14 heavy (non-hydrogen) atoms. The van der Waals surface area contributed by atoms with E-state index in [4.69, 9.17) is 5.84 Å². The molecule has 0 spiro atoms. The molecule has 0 bridgehead atoms. The molecule has 0 aromatic carbocycles. The fourth-order valence-corrected chi connectivity index (χ4v) is 1.75. The van der Waals surface area contributed by atoms with Gasteiger partial charge in [-0.05, 0) is 35.7 Å². The van der Waals surface area contributed by atoms with E-state index in [0.29, 0.717) is 5.96 Å². The van der Waals surface area contributed by atoms with E-state index in [-0.39, 0.29) is 0 Å². The zero-order valence-corrected chi connectivity index (χ0v) is 9.10. The molecule has 0 aliphatic carbocycles. The molecular formula is C9H16N4S. The third kappa shape index (κ3) is 3.76. The van der Waals surface area contributed by atoms with Crippen molar-refractivity contribution in [3.63, 3.8) is 0 Å². The van der Waals surface area contributed by atoms with E-state index in [1.165, 1.54) is 5.56 Å². The Balaban J connectivity index is 2.30. The van der Waals surface area contributed by atoms with Gasteiger partial charge in [-0.3, -0.25) is 10.4 Å². The van der Waals surface area contributed by atoms with Crippen molar-refractivity contribution in [1.29, 1.82) is 0 Å². The number of nitrogens with one attached hydrogen (secondary N) is 2. The van der Waals surface area contributed by atoms with Gasteiger partial charge in [0.05, 0.1) is 0 Å². The van der Waals surface area contributed by atoms with Crippen LogP contribution in [0.5, 0.6) is 0 Å². The normalized spacial score (nSPS) is 11.4. The van der Waals surface area contributed by atoms with Crippen molar-refractivity contribution in [3.05, 3.63) is 22.4 Å². The summed E-state index contributed by atoms with van der Waals surface area (Å²) in [5, 5.41) is 7.24. The van der Waals surface area contributed by atoms with Gasteiger partial charge in [-0.15, -0.1) is 0 Å². The van der Waals surface area contributed by atoms with Gasteiger partial charge in [-0.25, -0.2) is 5.84 Å². The summed E-state index contributed by atoms with van der Waals surface area (Å²) < 4.78 is 0. The van der Waals surface area contributed by atoms with E-state index in [1.807, 2.05) is 6.92 Å². The maximum absolute atomic E-state index is 5.28. The highest BCUT2D eigenvalue weighted by atomic mass is 32.1. The lowest BCUT2D eigenvalue weighted by molar-refractivity contribution is 0.845. The largest absolute Gasteiger partial charge is 0.356 e. The van der Waals surface area contributed by atoms with Crippen LogP contribution < -0.4 is 16.6 Å². The van der Waals surface area contributed by atoms with Crippen LogP contribution >= 0.6 is 11.3 Å². The number of nitrogens with zero attached hydrogens (tertiary/aromatic N) is 1. The predicted octanol–water partition coefficient (Wildman–Crippen LogP) is 0.719. The van der Waals surface area contributed by atoms with E-state index in [1.54, 1.807) is 11.3 Å². The summed E-state index contributed by atoms with van der Waals surface area (Å²) in [5.41, 5.74) is 3.85. The molecule has 1 aromatic heterocycles. The van der Waals surface area contributed by atoms with Crippen molar-refractivity contribution in [3.8, 4) is 0 Å². The van der Waals surface area contributed by atoms with E-state index in [0.717, 1.165) is 19.5 Å². The molecule has 1 aromatic rings. The van der Waals surface area contributed by atoms with Gasteiger partial charge < -0.3 is 5.32 Å². The van der Waals surface area contributed by atoms with E-state index in [2.05, 4.69) is 32.6 Å². The van der Waals surface area contributed by atoms with Crippen molar-refractivity contribution < 1.29 is 0 Å². The van der Waals surface area contributed by atoms with Crippen LogP contribution in [-0.2, 0) is 6.42 Å². The fraction of sp³-hybridized carbons (Fsp3) is 0.444. The zero-order chi connectivity index (χ0) is 10.2. The SMILES string of the molecule is CCNC(=NCCc1ccsc1)NN. The Morgan fingerprint density at radius 3 is 3.07 bits per heavy atom. The first-order chi connectivity index (χ1) is 6.86. The lowest BCUT2D eigenvalue weighted by Crippen LogP contribution is -2.41. The quantitative estimate of drug-likeness (QED) is 0.298. The van der Waals surface area contributed by atoms with Crippen LogP contribution in [0.2, 0.25) is 0 Å². The first-order valence-corrected chi connectivity index (χ1v) is 5.57. The smallest absolute Gasteiger partial charge is 0.205 e. The minimum Gasteiger partial charge on any atom is -0.356 e. The monoisotopic (exact) mass is 212 g/mol. The van der Waals surface area contributed by atoms with Crippen LogP contribution in [0, 0.1) is 0 Å². The molecule has 0 saturated carbocycles. The van der Waals surface area contributed by atoms with Gasteiger partial charge in [0.1, 0.15) is 0 Å². The molecular weight excluding hydrogens is 196 g/mol.